The largest absolute Gasteiger partial charge is 0.507 e. The Balaban J connectivity index is 2.71. The van der Waals surface area contributed by atoms with E-state index < -0.39 is 18.0 Å². The third-order valence-corrected chi connectivity index (χ3v) is 2.46. The molecule has 7 nitrogen and oxygen atoms in total. The van der Waals surface area contributed by atoms with Crippen LogP contribution in [0.5, 0.6) is 11.5 Å². The number of phenolic OH excluding ortho intramolecular Hbond substituents is 1. The summed E-state index contributed by atoms with van der Waals surface area (Å²) in [5, 5.41) is 20.7. The molecule has 7 heteroatoms. The summed E-state index contributed by atoms with van der Waals surface area (Å²) >= 11 is 0. The number of hydrogen-bond donors (Lipinski definition) is 3. The Morgan fingerprint density at radius 1 is 1.37 bits per heavy atom. The van der Waals surface area contributed by atoms with E-state index in [9.17, 15) is 14.7 Å². The molecule has 1 atom stereocenters. The van der Waals surface area contributed by atoms with E-state index in [1.807, 2.05) is 0 Å². The summed E-state index contributed by atoms with van der Waals surface area (Å²) in [6, 6.07) is 4.19. The van der Waals surface area contributed by atoms with Gasteiger partial charge in [0, 0.05) is 13.2 Å². The number of phenols is 1. The standard InChI is InChI=1S/C12H15NO6/c1-18-7-3-4-8(9(14)5-7)11(15)13-6-10(19-2)12(16)17/h3-5,10,14H,6H2,1-2H3,(H,13,15)(H,16,17). The number of nitrogens with one attached hydrogen (secondary N) is 1. The topological polar surface area (TPSA) is 105 Å². The highest BCUT2D eigenvalue weighted by Crippen LogP contribution is 2.23. The number of carbonyl (C=O) groups excluding carboxylic acids is 1. The van der Waals surface area contributed by atoms with E-state index in [0.29, 0.717) is 5.75 Å². The van der Waals surface area contributed by atoms with E-state index in [-0.39, 0.29) is 17.9 Å². The Bertz CT molecular complexity index is 473. The monoisotopic (exact) mass is 269 g/mol. The van der Waals surface area contributed by atoms with Crippen LogP contribution in [0.3, 0.4) is 0 Å². The summed E-state index contributed by atoms with van der Waals surface area (Å²) in [6.07, 6.45) is -1.13. The average Bonchev–Trinajstić information content (AvgIpc) is 2.38. The Labute approximate surface area is 109 Å². The Morgan fingerprint density at radius 2 is 2.05 bits per heavy atom. The molecular formula is C12H15NO6. The van der Waals surface area contributed by atoms with Gasteiger partial charge in [-0.15, -0.1) is 0 Å². The van der Waals surface area contributed by atoms with Crippen molar-refractivity contribution in [3.05, 3.63) is 23.8 Å². The zero-order valence-corrected chi connectivity index (χ0v) is 10.5. The van der Waals surface area contributed by atoms with Gasteiger partial charge < -0.3 is 25.0 Å². The summed E-state index contributed by atoms with van der Waals surface area (Å²) in [5.74, 6) is -1.61. The maximum atomic E-state index is 11.7. The minimum atomic E-state index is -1.18. The molecule has 1 aromatic rings. The predicted octanol–water partition coefficient (Wildman–Crippen LogP) is 0.230. The van der Waals surface area contributed by atoms with E-state index in [1.54, 1.807) is 0 Å². The van der Waals surface area contributed by atoms with Crippen molar-refractivity contribution in [3.63, 3.8) is 0 Å². The first kappa shape index (κ1) is 14.8. The third-order valence-electron chi connectivity index (χ3n) is 2.46. The van der Waals surface area contributed by atoms with Crippen molar-refractivity contribution >= 4 is 11.9 Å². The number of carboxylic acids is 1. The number of aromatic hydroxyl groups is 1. The summed E-state index contributed by atoms with van der Waals surface area (Å²) in [5.41, 5.74) is 0.0287. The third kappa shape index (κ3) is 3.85. The van der Waals surface area contributed by atoms with Crippen LogP contribution >= 0.6 is 0 Å². The molecule has 0 radical (unpaired) electrons. The predicted molar refractivity (Wildman–Crippen MR) is 65.4 cm³/mol. The van der Waals surface area contributed by atoms with E-state index in [4.69, 9.17) is 9.84 Å². The molecule has 0 aliphatic rings. The first-order valence-corrected chi connectivity index (χ1v) is 5.40. The maximum absolute atomic E-state index is 11.7. The molecule has 0 heterocycles. The van der Waals surface area contributed by atoms with Gasteiger partial charge in [0.2, 0.25) is 0 Å². The van der Waals surface area contributed by atoms with Gasteiger partial charge in [0.1, 0.15) is 11.5 Å². The molecule has 0 saturated carbocycles. The fourth-order valence-electron chi connectivity index (χ4n) is 1.38. The van der Waals surface area contributed by atoms with E-state index in [1.165, 1.54) is 32.4 Å². The lowest BCUT2D eigenvalue weighted by Crippen LogP contribution is -2.37. The number of benzene rings is 1. The van der Waals surface area contributed by atoms with Crippen molar-refractivity contribution < 1.29 is 29.3 Å². The van der Waals surface area contributed by atoms with Crippen molar-refractivity contribution in [1.82, 2.24) is 5.32 Å². The van der Waals surface area contributed by atoms with Gasteiger partial charge in [-0.1, -0.05) is 0 Å². The van der Waals surface area contributed by atoms with Gasteiger partial charge in [-0.3, -0.25) is 4.79 Å². The number of methoxy groups -OCH3 is 2. The molecule has 0 aliphatic heterocycles. The van der Waals surface area contributed by atoms with Crippen molar-refractivity contribution in [3.8, 4) is 11.5 Å². The molecule has 0 bridgehead atoms. The van der Waals surface area contributed by atoms with Crippen molar-refractivity contribution in [2.45, 2.75) is 6.10 Å². The molecule has 0 saturated heterocycles. The van der Waals surface area contributed by atoms with E-state index >= 15 is 0 Å². The highest BCUT2D eigenvalue weighted by Gasteiger charge is 2.19. The lowest BCUT2D eigenvalue weighted by atomic mass is 10.1. The Hall–Kier alpha value is -2.28. The Kier molecular flexibility index (Phi) is 5.13. The molecule has 1 unspecified atom stereocenters. The van der Waals surface area contributed by atoms with Crippen LogP contribution in [0.2, 0.25) is 0 Å². The van der Waals surface area contributed by atoms with Crippen LogP contribution in [0.1, 0.15) is 10.4 Å². The molecule has 3 N–H and O–H groups in total. The van der Waals surface area contributed by atoms with Crippen LogP contribution in [0.15, 0.2) is 18.2 Å². The smallest absolute Gasteiger partial charge is 0.334 e. The fourth-order valence-corrected chi connectivity index (χ4v) is 1.38. The maximum Gasteiger partial charge on any atom is 0.334 e. The zero-order chi connectivity index (χ0) is 14.4. The van der Waals surface area contributed by atoms with Gasteiger partial charge in [-0.25, -0.2) is 4.79 Å². The van der Waals surface area contributed by atoms with Crippen LogP contribution in [0, 0.1) is 0 Å². The quantitative estimate of drug-likeness (QED) is 0.682. The second-order valence-corrected chi connectivity index (χ2v) is 3.66. The van der Waals surface area contributed by atoms with E-state index in [2.05, 4.69) is 10.1 Å². The lowest BCUT2D eigenvalue weighted by molar-refractivity contribution is -0.148. The van der Waals surface area contributed by atoms with Gasteiger partial charge in [0.05, 0.1) is 19.2 Å². The fraction of sp³-hybridized carbons (Fsp3) is 0.333. The van der Waals surface area contributed by atoms with Gasteiger partial charge in [0.15, 0.2) is 6.10 Å². The van der Waals surface area contributed by atoms with Crippen LogP contribution in [0.4, 0.5) is 0 Å². The van der Waals surface area contributed by atoms with Gasteiger partial charge in [-0.2, -0.15) is 0 Å². The molecular weight excluding hydrogens is 254 g/mol. The second kappa shape index (κ2) is 6.60. The van der Waals surface area contributed by atoms with Crippen molar-refractivity contribution in [2.24, 2.45) is 0 Å². The van der Waals surface area contributed by atoms with Gasteiger partial charge in [-0.05, 0) is 12.1 Å². The summed E-state index contributed by atoms with van der Waals surface area (Å²) in [6.45, 7) is -0.198. The van der Waals surface area contributed by atoms with Gasteiger partial charge in [0.25, 0.3) is 5.91 Å². The zero-order valence-electron chi connectivity index (χ0n) is 10.5. The number of aliphatic carboxylic acids is 1. The SMILES string of the molecule is COc1ccc(C(=O)NCC(OC)C(=O)O)c(O)c1. The number of carboxylic acid groups (broad SMARTS) is 1. The minimum absolute atomic E-state index is 0.0287. The Morgan fingerprint density at radius 3 is 2.53 bits per heavy atom. The first-order chi connectivity index (χ1) is 8.99. The normalized spacial score (nSPS) is 11.7. The minimum Gasteiger partial charge on any atom is -0.507 e. The summed E-state index contributed by atoms with van der Waals surface area (Å²) < 4.78 is 9.56. The van der Waals surface area contributed by atoms with Gasteiger partial charge >= 0.3 is 5.97 Å². The van der Waals surface area contributed by atoms with Crippen LogP contribution < -0.4 is 10.1 Å². The van der Waals surface area contributed by atoms with E-state index in [0.717, 1.165) is 0 Å². The second-order valence-electron chi connectivity index (χ2n) is 3.66. The number of amides is 1. The first-order valence-electron chi connectivity index (χ1n) is 5.40. The number of ether oxygens (including phenoxy) is 2. The number of hydrogen-bond acceptors (Lipinski definition) is 5. The molecule has 1 rings (SSSR count). The molecule has 104 valence electrons. The van der Waals surface area contributed by atoms with Crippen LogP contribution in [-0.4, -0.2) is 49.0 Å². The lowest BCUT2D eigenvalue weighted by Gasteiger charge is -2.12. The molecule has 0 aliphatic carbocycles. The highest BCUT2D eigenvalue weighted by atomic mass is 16.5. The number of rotatable bonds is 6. The molecule has 0 fully saturated rings. The number of carbonyl (C=O) groups is 2. The highest BCUT2D eigenvalue weighted by molar-refractivity contribution is 5.97. The summed E-state index contributed by atoms with van der Waals surface area (Å²) in [4.78, 5) is 22.4. The average molecular weight is 269 g/mol. The van der Waals surface area contributed by atoms with Crippen LogP contribution in [0.25, 0.3) is 0 Å². The van der Waals surface area contributed by atoms with Crippen molar-refractivity contribution in [2.75, 3.05) is 20.8 Å². The molecule has 1 aromatic carbocycles. The molecule has 1 amide bonds. The molecule has 19 heavy (non-hydrogen) atoms. The van der Waals surface area contributed by atoms with Crippen LogP contribution in [-0.2, 0) is 9.53 Å². The van der Waals surface area contributed by atoms with Crippen molar-refractivity contribution in [1.29, 1.82) is 0 Å². The molecule has 0 spiro atoms. The summed E-state index contributed by atoms with van der Waals surface area (Å²) in [7, 11) is 2.67. The molecule has 0 aromatic heterocycles.